The van der Waals surface area contributed by atoms with E-state index in [-0.39, 0.29) is 24.6 Å². The van der Waals surface area contributed by atoms with Gasteiger partial charge in [0.2, 0.25) is 5.91 Å². The van der Waals surface area contributed by atoms with Gasteiger partial charge in [0.05, 0.1) is 26.8 Å². The molecule has 1 heterocycles. The van der Waals surface area contributed by atoms with Crippen LogP contribution in [-0.2, 0) is 22.5 Å². The number of amides is 1. The van der Waals surface area contributed by atoms with Gasteiger partial charge in [-0.3, -0.25) is 4.79 Å². The van der Waals surface area contributed by atoms with Crippen molar-refractivity contribution in [3.8, 4) is 11.5 Å². The first kappa shape index (κ1) is 22.1. The fourth-order valence-electron chi connectivity index (χ4n) is 4.53. The number of methoxy groups -OCH3 is 3. The van der Waals surface area contributed by atoms with Gasteiger partial charge in [0.25, 0.3) is 0 Å². The standard InChI is InChI=1S/C24H32N2O4/c1-16-7-6-8-18(11-16)14-26-10-9-19-12-21(29-4)22(30-5)13-20(19)24(26)17(2)25-23(27)15-28-3/h6-8,11-13,17,24H,9-10,14-15H2,1-5H3,(H,25,27)/p+1/t17-,24-/m1/s1. The molecule has 0 spiro atoms. The molecule has 0 radical (unpaired) electrons. The van der Waals surface area contributed by atoms with Gasteiger partial charge in [-0.05, 0) is 31.5 Å². The SMILES string of the molecule is COCC(=O)N[C@H](C)[C@@H]1c2cc(OC)c(OC)cc2CC[NH+]1Cc1cccc(C)c1. The van der Waals surface area contributed by atoms with Crippen molar-refractivity contribution in [3.63, 3.8) is 0 Å². The van der Waals surface area contributed by atoms with Gasteiger partial charge in [-0.2, -0.15) is 0 Å². The normalized spacial score (nSPS) is 19.0. The number of hydrogen-bond acceptors (Lipinski definition) is 4. The van der Waals surface area contributed by atoms with Crippen molar-refractivity contribution in [2.24, 2.45) is 0 Å². The third-order valence-electron chi connectivity index (χ3n) is 5.81. The lowest BCUT2D eigenvalue weighted by Gasteiger charge is -2.38. The molecule has 0 fully saturated rings. The fourth-order valence-corrected chi connectivity index (χ4v) is 4.53. The maximum atomic E-state index is 12.3. The van der Waals surface area contributed by atoms with Crippen LogP contribution in [0.3, 0.4) is 0 Å². The third-order valence-corrected chi connectivity index (χ3v) is 5.81. The minimum absolute atomic E-state index is 0.0586. The first-order valence-corrected chi connectivity index (χ1v) is 10.4. The molecule has 0 aromatic heterocycles. The van der Waals surface area contributed by atoms with Crippen molar-refractivity contribution in [2.45, 2.75) is 38.9 Å². The predicted octanol–water partition coefficient (Wildman–Crippen LogP) is 1.85. The molecule has 6 heteroatoms. The largest absolute Gasteiger partial charge is 0.493 e. The lowest BCUT2D eigenvalue weighted by atomic mass is 9.87. The van der Waals surface area contributed by atoms with Crippen molar-refractivity contribution in [3.05, 3.63) is 58.7 Å². The molecule has 0 saturated heterocycles. The molecule has 3 rings (SSSR count). The van der Waals surface area contributed by atoms with Gasteiger partial charge in [-0.25, -0.2) is 0 Å². The summed E-state index contributed by atoms with van der Waals surface area (Å²) >= 11 is 0. The molecule has 1 aliphatic rings. The lowest BCUT2D eigenvalue weighted by Crippen LogP contribution is -3.13. The second-order valence-corrected chi connectivity index (χ2v) is 8.00. The highest BCUT2D eigenvalue weighted by molar-refractivity contribution is 5.77. The summed E-state index contributed by atoms with van der Waals surface area (Å²) in [7, 11) is 4.85. The Morgan fingerprint density at radius 2 is 1.90 bits per heavy atom. The minimum Gasteiger partial charge on any atom is -0.493 e. The first-order chi connectivity index (χ1) is 14.5. The highest BCUT2D eigenvalue weighted by Gasteiger charge is 2.37. The molecule has 1 aliphatic heterocycles. The molecule has 162 valence electrons. The second-order valence-electron chi connectivity index (χ2n) is 8.00. The van der Waals surface area contributed by atoms with E-state index >= 15 is 0 Å². The van der Waals surface area contributed by atoms with Gasteiger partial charge in [-0.1, -0.05) is 29.8 Å². The molecule has 3 atom stereocenters. The maximum Gasteiger partial charge on any atom is 0.246 e. The van der Waals surface area contributed by atoms with E-state index in [2.05, 4.69) is 55.6 Å². The molecule has 6 nitrogen and oxygen atoms in total. The number of carbonyl (C=O) groups excluding carboxylic acids is 1. The number of fused-ring (bicyclic) bond motifs is 1. The summed E-state index contributed by atoms with van der Waals surface area (Å²) in [6.45, 7) is 6.12. The van der Waals surface area contributed by atoms with Crippen LogP contribution in [0.1, 0.15) is 35.2 Å². The molecule has 2 aromatic carbocycles. The Morgan fingerprint density at radius 1 is 1.17 bits per heavy atom. The average molecular weight is 414 g/mol. The topological polar surface area (TPSA) is 61.2 Å². The van der Waals surface area contributed by atoms with E-state index in [1.165, 1.54) is 34.3 Å². The summed E-state index contributed by atoms with van der Waals surface area (Å²) in [6.07, 6.45) is 0.950. The Hall–Kier alpha value is -2.57. The molecular weight excluding hydrogens is 380 g/mol. The molecule has 2 aromatic rings. The van der Waals surface area contributed by atoms with E-state index < -0.39 is 0 Å². The summed E-state index contributed by atoms with van der Waals surface area (Å²) in [5.74, 6) is 1.36. The van der Waals surface area contributed by atoms with Crippen LogP contribution in [0.4, 0.5) is 0 Å². The lowest BCUT2D eigenvalue weighted by molar-refractivity contribution is -0.948. The number of rotatable bonds is 8. The van der Waals surface area contributed by atoms with Gasteiger partial charge >= 0.3 is 0 Å². The van der Waals surface area contributed by atoms with E-state index in [4.69, 9.17) is 14.2 Å². The zero-order chi connectivity index (χ0) is 21.7. The van der Waals surface area contributed by atoms with E-state index in [0.717, 1.165) is 25.3 Å². The fraction of sp³-hybridized carbons (Fsp3) is 0.458. The third kappa shape index (κ3) is 4.94. The Kier molecular flexibility index (Phi) is 7.34. The van der Waals surface area contributed by atoms with Gasteiger partial charge < -0.3 is 24.4 Å². The van der Waals surface area contributed by atoms with Gasteiger partial charge in [0.15, 0.2) is 11.5 Å². The summed E-state index contributed by atoms with van der Waals surface area (Å²) in [4.78, 5) is 13.7. The number of aryl methyl sites for hydroxylation is 1. The van der Waals surface area contributed by atoms with Crippen LogP contribution in [0.2, 0.25) is 0 Å². The quantitative estimate of drug-likeness (QED) is 0.693. The monoisotopic (exact) mass is 413 g/mol. The number of carbonyl (C=O) groups is 1. The summed E-state index contributed by atoms with van der Waals surface area (Å²) in [5.41, 5.74) is 5.01. The molecule has 1 unspecified atom stereocenters. The Labute approximate surface area is 179 Å². The first-order valence-electron chi connectivity index (χ1n) is 10.4. The maximum absolute atomic E-state index is 12.3. The number of benzene rings is 2. The van der Waals surface area contributed by atoms with Crippen LogP contribution in [0, 0.1) is 6.92 Å². The Morgan fingerprint density at radius 3 is 2.57 bits per heavy atom. The number of hydrogen-bond donors (Lipinski definition) is 2. The van der Waals surface area contributed by atoms with Crippen molar-refractivity contribution in [1.29, 1.82) is 0 Å². The van der Waals surface area contributed by atoms with Crippen molar-refractivity contribution in [2.75, 3.05) is 34.5 Å². The number of quaternary nitrogens is 1. The average Bonchev–Trinajstić information content (AvgIpc) is 2.72. The molecular formula is C24H33N2O4+. The molecule has 0 bridgehead atoms. The van der Waals surface area contributed by atoms with Crippen LogP contribution in [-0.4, -0.2) is 46.4 Å². The minimum atomic E-state index is -0.104. The van der Waals surface area contributed by atoms with Crippen molar-refractivity contribution in [1.82, 2.24) is 5.32 Å². The zero-order valence-corrected chi connectivity index (χ0v) is 18.6. The highest BCUT2D eigenvalue weighted by atomic mass is 16.5. The van der Waals surface area contributed by atoms with Gasteiger partial charge in [0.1, 0.15) is 19.2 Å². The smallest absolute Gasteiger partial charge is 0.246 e. The van der Waals surface area contributed by atoms with Crippen LogP contribution in [0.25, 0.3) is 0 Å². The van der Waals surface area contributed by atoms with E-state index in [1.54, 1.807) is 14.2 Å². The van der Waals surface area contributed by atoms with Crippen LogP contribution >= 0.6 is 0 Å². The van der Waals surface area contributed by atoms with Crippen LogP contribution in [0.15, 0.2) is 36.4 Å². The summed E-state index contributed by atoms with van der Waals surface area (Å²) in [5, 5.41) is 3.13. The molecule has 0 saturated carbocycles. The molecule has 1 amide bonds. The van der Waals surface area contributed by atoms with Crippen molar-refractivity contribution < 1.29 is 23.9 Å². The van der Waals surface area contributed by atoms with E-state index in [9.17, 15) is 4.79 Å². The Balaban J connectivity index is 1.97. The van der Waals surface area contributed by atoms with Crippen molar-refractivity contribution >= 4 is 5.91 Å². The van der Waals surface area contributed by atoms with Crippen LogP contribution < -0.4 is 19.7 Å². The number of nitrogens with one attached hydrogen (secondary N) is 2. The molecule has 30 heavy (non-hydrogen) atoms. The van der Waals surface area contributed by atoms with Gasteiger partial charge in [-0.15, -0.1) is 0 Å². The van der Waals surface area contributed by atoms with Gasteiger partial charge in [0, 0.05) is 24.7 Å². The van der Waals surface area contributed by atoms with E-state index in [1.807, 2.05) is 0 Å². The zero-order valence-electron chi connectivity index (χ0n) is 18.6. The molecule has 0 aliphatic carbocycles. The second kappa shape index (κ2) is 9.96. The summed E-state index contributed by atoms with van der Waals surface area (Å²) in [6, 6.07) is 12.8. The predicted molar refractivity (Wildman–Crippen MR) is 116 cm³/mol. The summed E-state index contributed by atoms with van der Waals surface area (Å²) < 4.78 is 16.1. The Bertz CT molecular complexity index is 884. The van der Waals surface area contributed by atoms with E-state index in [0.29, 0.717) is 5.75 Å². The molecule has 2 N–H and O–H groups in total. The van der Waals surface area contributed by atoms with Crippen LogP contribution in [0.5, 0.6) is 11.5 Å². The number of ether oxygens (including phenoxy) is 3. The highest BCUT2D eigenvalue weighted by Crippen LogP contribution is 2.35.